The summed E-state index contributed by atoms with van der Waals surface area (Å²) < 4.78 is 47.9. The molecule has 4 rings (SSSR count). The van der Waals surface area contributed by atoms with Gasteiger partial charge in [0.15, 0.2) is 17.5 Å². The molecule has 1 aliphatic heterocycles. The van der Waals surface area contributed by atoms with Crippen LogP contribution in [-0.4, -0.2) is 83.6 Å². The Morgan fingerprint density at radius 3 is 2.45 bits per heavy atom. The van der Waals surface area contributed by atoms with E-state index in [0.717, 1.165) is 56.8 Å². The van der Waals surface area contributed by atoms with Crippen molar-refractivity contribution in [3.05, 3.63) is 76.2 Å². The summed E-state index contributed by atoms with van der Waals surface area (Å²) in [5, 5.41) is 14.0. The lowest BCUT2D eigenvalue weighted by Gasteiger charge is -2.32. The lowest BCUT2D eigenvalue weighted by atomic mass is 10.1. The van der Waals surface area contributed by atoms with E-state index in [-0.39, 0.29) is 24.3 Å². The summed E-state index contributed by atoms with van der Waals surface area (Å²) in [6.07, 6.45) is 0.229. The largest absolute Gasteiger partial charge is 0.483 e. The van der Waals surface area contributed by atoms with Gasteiger partial charge in [0.1, 0.15) is 4.64 Å². The van der Waals surface area contributed by atoms with Gasteiger partial charge in [0.25, 0.3) is 6.47 Å². The van der Waals surface area contributed by atoms with Crippen LogP contribution in [0.4, 0.5) is 23.7 Å². The molecule has 0 aliphatic carbocycles. The SMILES string of the molecule is CN1CCN(CCCOC(=O)Nc2cccc(Cn3nc(-c4cc(F)c(F)c(F)c4)ccc3=S)c2)CC1.O=CO. The van der Waals surface area contributed by atoms with Gasteiger partial charge in [-0.15, -0.1) is 0 Å². The molecule has 0 radical (unpaired) electrons. The molecular weight excluding hydrogens is 547 g/mol. The van der Waals surface area contributed by atoms with Crippen LogP contribution in [0.2, 0.25) is 0 Å². The average Bonchev–Trinajstić information content (AvgIpc) is 2.92. The minimum atomic E-state index is -1.53. The topological polar surface area (TPSA) is 99.9 Å². The number of aromatic nitrogens is 2. The molecule has 0 bridgehead atoms. The summed E-state index contributed by atoms with van der Waals surface area (Å²) in [5.74, 6) is -4.12. The summed E-state index contributed by atoms with van der Waals surface area (Å²) in [5.41, 5.74) is 1.66. The van der Waals surface area contributed by atoms with E-state index in [1.165, 1.54) is 10.7 Å². The van der Waals surface area contributed by atoms with Crippen LogP contribution in [0.15, 0.2) is 48.5 Å². The molecule has 2 heterocycles. The van der Waals surface area contributed by atoms with Gasteiger partial charge in [0, 0.05) is 44.0 Å². The maximum Gasteiger partial charge on any atom is 0.411 e. The number of nitrogens with one attached hydrogen (secondary N) is 1. The number of carboxylic acid groups (broad SMARTS) is 1. The number of carbonyl (C=O) groups is 2. The standard InChI is InChI=1S/C26H28F3N5O2S.CH2O2/c1-32-9-11-33(12-10-32)8-3-13-36-26(35)30-20-5-2-4-18(14-20)17-34-24(37)7-6-23(31-34)19-15-21(27)25(29)22(28)16-19;2-1-3/h2,4-7,14-16H,3,8-13,17H2,1H3,(H,30,35);1H,(H,2,3). The maximum atomic E-state index is 13.7. The summed E-state index contributed by atoms with van der Waals surface area (Å²) in [6.45, 7) is 5.35. The molecule has 40 heavy (non-hydrogen) atoms. The number of benzene rings is 2. The molecule has 3 aromatic rings. The lowest BCUT2D eigenvalue weighted by molar-refractivity contribution is -0.122. The van der Waals surface area contributed by atoms with Gasteiger partial charge in [-0.1, -0.05) is 24.4 Å². The zero-order valence-corrected chi connectivity index (χ0v) is 22.7. The molecule has 0 spiro atoms. The Bertz CT molecular complexity index is 1340. The molecule has 1 amide bonds. The predicted octanol–water partition coefficient (Wildman–Crippen LogP) is 4.63. The highest BCUT2D eigenvalue weighted by Gasteiger charge is 2.14. The smallest absolute Gasteiger partial charge is 0.411 e. The minimum absolute atomic E-state index is 0.0888. The van der Waals surface area contributed by atoms with Crippen molar-refractivity contribution < 1.29 is 32.6 Å². The third-order valence-electron chi connectivity index (χ3n) is 6.10. The lowest BCUT2D eigenvalue weighted by Crippen LogP contribution is -2.44. The van der Waals surface area contributed by atoms with Crippen LogP contribution in [0.3, 0.4) is 0 Å². The second kappa shape index (κ2) is 15.1. The van der Waals surface area contributed by atoms with Crippen LogP contribution in [0, 0.1) is 22.1 Å². The number of ether oxygens (including phenoxy) is 1. The van der Waals surface area contributed by atoms with Crippen molar-refractivity contribution >= 4 is 30.5 Å². The van der Waals surface area contributed by atoms with Crippen molar-refractivity contribution in [3.63, 3.8) is 0 Å². The van der Waals surface area contributed by atoms with E-state index in [2.05, 4.69) is 27.3 Å². The first-order valence-electron chi connectivity index (χ1n) is 12.4. The van der Waals surface area contributed by atoms with Crippen molar-refractivity contribution in [3.8, 4) is 11.3 Å². The summed E-state index contributed by atoms with van der Waals surface area (Å²) in [4.78, 5) is 25.3. The average molecular weight is 578 g/mol. The van der Waals surface area contributed by atoms with Gasteiger partial charge in [-0.2, -0.15) is 5.10 Å². The quantitative estimate of drug-likeness (QED) is 0.173. The number of hydrogen-bond donors (Lipinski definition) is 2. The van der Waals surface area contributed by atoms with E-state index < -0.39 is 23.5 Å². The Morgan fingerprint density at radius 2 is 1.77 bits per heavy atom. The molecule has 0 unspecified atom stereocenters. The highest BCUT2D eigenvalue weighted by molar-refractivity contribution is 7.71. The van der Waals surface area contributed by atoms with E-state index in [4.69, 9.17) is 26.9 Å². The van der Waals surface area contributed by atoms with Crippen LogP contribution >= 0.6 is 12.2 Å². The first-order chi connectivity index (χ1) is 19.2. The minimum Gasteiger partial charge on any atom is -0.483 e. The molecule has 2 N–H and O–H groups in total. The maximum absolute atomic E-state index is 13.7. The van der Waals surface area contributed by atoms with Gasteiger partial charge >= 0.3 is 6.09 Å². The monoisotopic (exact) mass is 577 g/mol. The Hall–Kier alpha value is -3.81. The molecule has 2 aromatic carbocycles. The van der Waals surface area contributed by atoms with Gasteiger partial charge in [-0.05, 0) is 55.4 Å². The van der Waals surface area contributed by atoms with Crippen LogP contribution < -0.4 is 5.32 Å². The van der Waals surface area contributed by atoms with Gasteiger partial charge < -0.3 is 19.6 Å². The number of likely N-dealkylation sites (N-methyl/N-ethyl adjacent to an activating group) is 1. The fraction of sp³-hybridized carbons (Fsp3) is 0.333. The van der Waals surface area contributed by atoms with Crippen molar-refractivity contribution in [1.82, 2.24) is 19.6 Å². The van der Waals surface area contributed by atoms with E-state index in [0.29, 0.717) is 16.9 Å². The summed E-state index contributed by atoms with van der Waals surface area (Å²) >= 11 is 5.34. The molecule has 0 saturated carbocycles. The Labute approximate surface area is 234 Å². The summed E-state index contributed by atoms with van der Waals surface area (Å²) in [7, 11) is 2.11. The highest BCUT2D eigenvalue weighted by atomic mass is 32.1. The number of carbonyl (C=O) groups excluding carboxylic acids is 1. The van der Waals surface area contributed by atoms with E-state index in [1.54, 1.807) is 24.3 Å². The Morgan fingerprint density at radius 1 is 1.10 bits per heavy atom. The number of piperazine rings is 1. The molecule has 1 fully saturated rings. The highest BCUT2D eigenvalue weighted by Crippen LogP contribution is 2.22. The third-order valence-corrected chi connectivity index (χ3v) is 6.45. The molecular formula is C27H30F3N5O4S. The number of nitrogens with zero attached hydrogens (tertiary/aromatic N) is 4. The Balaban J connectivity index is 0.00000141. The van der Waals surface area contributed by atoms with Crippen LogP contribution in [0.5, 0.6) is 0 Å². The molecule has 1 aliphatic rings. The number of amides is 1. The van der Waals surface area contributed by atoms with Gasteiger partial charge in [-0.25, -0.2) is 22.6 Å². The number of rotatable bonds is 8. The first kappa shape index (κ1) is 30.7. The zero-order chi connectivity index (χ0) is 29.1. The molecule has 1 aromatic heterocycles. The van der Waals surface area contributed by atoms with Crippen molar-refractivity contribution in [1.29, 1.82) is 0 Å². The third kappa shape index (κ3) is 9.14. The van der Waals surface area contributed by atoms with E-state index >= 15 is 0 Å². The fourth-order valence-electron chi connectivity index (χ4n) is 4.02. The van der Waals surface area contributed by atoms with Crippen molar-refractivity contribution in [2.45, 2.75) is 13.0 Å². The summed E-state index contributed by atoms with van der Waals surface area (Å²) in [6, 6.07) is 12.0. The van der Waals surface area contributed by atoms with E-state index in [1.807, 2.05) is 6.07 Å². The number of halogens is 3. The molecule has 0 atom stereocenters. The second-order valence-electron chi connectivity index (χ2n) is 9.03. The molecule has 13 heteroatoms. The van der Waals surface area contributed by atoms with Crippen molar-refractivity contribution in [2.75, 3.05) is 51.7 Å². The van der Waals surface area contributed by atoms with Crippen LogP contribution in [0.25, 0.3) is 11.3 Å². The normalized spacial score (nSPS) is 13.7. The molecule has 214 valence electrons. The first-order valence-corrected chi connectivity index (χ1v) is 12.9. The van der Waals surface area contributed by atoms with Gasteiger partial charge in [-0.3, -0.25) is 10.1 Å². The van der Waals surface area contributed by atoms with Gasteiger partial charge in [0.2, 0.25) is 0 Å². The second-order valence-corrected chi connectivity index (χ2v) is 9.45. The zero-order valence-electron chi connectivity index (χ0n) is 21.9. The van der Waals surface area contributed by atoms with Crippen molar-refractivity contribution in [2.24, 2.45) is 0 Å². The number of anilines is 1. The van der Waals surface area contributed by atoms with Crippen LogP contribution in [-0.2, 0) is 16.1 Å². The predicted molar refractivity (Wildman–Crippen MR) is 146 cm³/mol. The Kier molecular flexibility index (Phi) is 11.6. The molecule has 1 saturated heterocycles. The van der Waals surface area contributed by atoms with E-state index in [9.17, 15) is 18.0 Å². The van der Waals surface area contributed by atoms with Crippen LogP contribution in [0.1, 0.15) is 12.0 Å². The number of hydrogen-bond acceptors (Lipinski definition) is 7. The van der Waals surface area contributed by atoms with Gasteiger partial charge in [0.05, 0.1) is 18.8 Å². The molecule has 9 nitrogen and oxygen atoms in total. The fourth-order valence-corrected chi connectivity index (χ4v) is 4.19.